The summed E-state index contributed by atoms with van der Waals surface area (Å²) >= 11 is 0. The Morgan fingerprint density at radius 1 is 1.00 bits per heavy atom. The standard InChI is InChI=1S/C7H13O8P/c1-6(8)12-4-14-16(10,11-3)15-5-13-7(2)9/h4-5H2,1-3H3. The lowest BCUT2D eigenvalue weighted by Crippen LogP contribution is -2.08. The Morgan fingerprint density at radius 2 is 1.38 bits per heavy atom. The Bertz CT molecular complexity index is 264. The van der Waals surface area contributed by atoms with Crippen molar-refractivity contribution in [1.29, 1.82) is 0 Å². The molecule has 0 aromatic carbocycles. The molecule has 0 N–H and O–H groups in total. The highest BCUT2D eigenvalue weighted by molar-refractivity contribution is 7.48. The van der Waals surface area contributed by atoms with Gasteiger partial charge in [-0.1, -0.05) is 0 Å². The molecule has 0 amide bonds. The summed E-state index contributed by atoms with van der Waals surface area (Å²) in [5.41, 5.74) is 0. The number of esters is 2. The summed E-state index contributed by atoms with van der Waals surface area (Å²) in [6.07, 6.45) is 0. The molecule has 0 heterocycles. The van der Waals surface area contributed by atoms with Crippen molar-refractivity contribution in [2.45, 2.75) is 13.8 Å². The summed E-state index contributed by atoms with van der Waals surface area (Å²) in [4.78, 5) is 20.8. The van der Waals surface area contributed by atoms with E-state index in [-0.39, 0.29) is 0 Å². The Hall–Kier alpha value is -0.950. The minimum absolute atomic E-state index is 0.583. The van der Waals surface area contributed by atoms with Crippen LogP contribution in [0.4, 0.5) is 0 Å². The van der Waals surface area contributed by atoms with Gasteiger partial charge in [-0.2, -0.15) is 0 Å². The monoisotopic (exact) mass is 256 g/mol. The van der Waals surface area contributed by atoms with Crippen LogP contribution in [-0.2, 0) is 37.2 Å². The number of phosphoric ester groups is 1. The molecule has 0 aliphatic rings. The Morgan fingerprint density at radius 3 is 1.62 bits per heavy atom. The van der Waals surface area contributed by atoms with E-state index < -0.39 is 33.3 Å². The van der Waals surface area contributed by atoms with E-state index in [4.69, 9.17) is 0 Å². The lowest BCUT2D eigenvalue weighted by Gasteiger charge is -2.14. The molecule has 0 saturated carbocycles. The van der Waals surface area contributed by atoms with E-state index in [2.05, 4.69) is 23.0 Å². The minimum atomic E-state index is -3.87. The molecule has 0 spiro atoms. The molecule has 16 heavy (non-hydrogen) atoms. The van der Waals surface area contributed by atoms with Crippen molar-refractivity contribution in [1.82, 2.24) is 0 Å². The molecule has 0 aromatic heterocycles. The third kappa shape index (κ3) is 7.36. The maximum Gasteiger partial charge on any atom is 0.480 e. The second-order valence-corrected chi connectivity index (χ2v) is 4.17. The molecule has 0 aliphatic carbocycles. The number of hydrogen-bond donors (Lipinski definition) is 0. The minimum Gasteiger partial charge on any atom is -0.438 e. The van der Waals surface area contributed by atoms with Gasteiger partial charge in [0.2, 0.25) is 13.6 Å². The first kappa shape index (κ1) is 15.0. The third-order valence-electron chi connectivity index (χ3n) is 1.17. The lowest BCUT2D eigenvalue weighted by atomic mass is 10.8. The van der Waals surface area contributed by atoms with Crippen LogP contribution in [0.1, 0.15) is 13.8 Å². The molecule has 94 valence electrons. The highest BCUT2D eigenvalue weighted by atomic mass is 31.2. The third-order valence-corrected chi connectivity index (χ3v) is 2.46. The highest BCUT2D eigenvalue weighted by Gasteiger charge is 2.25. The number of rotatable bonds is 7. The summed E-state index contributed by atoms with van der Waals surface area (Å²) in [5.74, 6) is -1.22. The first-order valence-corrected chi connectivity index (χ1v) is 5.57. The second-order valence-electron chi connectivity index (χ2n) is 2.40. The molecule has 0 aromatic rings. The number of carbonyl (C=O) groups is 2. The van der Waals surface area contributed by atoms with Gasteiger partial charge in [0.1, 0.15) is 0 Å². The van der Waals surface area contributed by atoms with Crippen LogP contribution in [0.3, 0.4) is 0 Å². The molecular formula is C7H13O8P. The van der Waals surface area contributed by atoms with E-state index in [9.17, 15) is 14.2 Å². The zero-order chi connectivity index (χ0) is 12.6. The van der Waals surface area contributed by atoms with Gasteiger partial charge in [-0.15, -0.1) is 0 Å². The van der Waals surface area contributed by atoms with Crippen molar-refractivity contribution < 1.29 is 37.2 Å². The van der Waals surface area contributed by atoms with Crippen molar-refractivity contribution in [3.63, 3.8) is 0 Å². The van der Waals surface area contributed by atoms with Gasteiger partial charge in [0, 0.05) is 21.0 Å². The van der Waals surface area contributed by atoms with Gasteiger partial charge < -0.3 is 9.47 Å². The zero-order valence-corrected chi connectivity index (χ0v) is 10.0. The van der Waals surface area contributed by atoms with Crippen LogP contribution in [0.25, 0.3) is 0 Å². The summed E-state index contributed by atoms with van der Waals surface area (Å²) in [5, 5.41) is 0. The molecular weight excluding hydrogens is 243 g/mol. The Kier molecular flexibility index (Phi) is 6.91. The van der Waals surface area contributed by atoms with Gasteiger partial charge in [-0.05, 0) is 0 Å². The highest BCUT2D eigenvalue weighted by Crippen LogP contribution is 2.48. The summed E-state index contributed by atoms with van der Waals surface area (Å²) in [6.45, 7) is 1.14. The SMILES string of the molecule is COP(=O)(OCOC(C)=O)OCOC(C)=O. The maximum atomic E-state index is 11.5. The van der Waals surface area contributed by atoms with Crippen LogP contribution in [0.5, 0.6) is 0 Å². The van der Waals surface area contributed by atoms with E-state index in [1.54, 1.807) is 0 Å². The van der Waals surface area contributed by atoms with Gasteiger partial charge in [0.25, 0.3) is 0 Å². The van der Waals surface area contributed by atoms with Gasteiger partial charge in [-0.25, -0.2) is 13.6 Å². The molecule has 9 heteroatoms. The topological polar surface area (TPSA) is 97.4 Å². The van der Waals surface area contributed by atoms with Crippen LogP contribution in [0, 0.1) is 0 Å². The van der Waals surface area contributed by atoms with E-state index in [1.807, 2.05) is 0 Å². The van der Waals surface area contributed by atoms with Crippen molar-refractivity contribution in [3.05, 3.63) is 0 Å². The molecule has 0 unspecified atom stereocenters. The number of phosphoric acid groups is 1. The van der Waals surface area contributed by atoms with Crippen LogP contribution in [-0.4, -0.2) is 32.6 Å². The van der Waals surface area contributed by atoms with E-state index in [0.717, 1.165) is 21.0 Å². The van der Waals surface area contributed by atoms with Crippen LogP contribution < -0.4 is 0 Å². The fraction of sp³-hybridized carbons (Fsp3) is 0.714. The number of hydrogen-bond acceptors (Lipinski definition) is 8. The molecule has 0 fully saturated rings. The number of carbonyl (C=O) groups excluding carboxylic acids is 2. The van der Waals surface area contributed by atoms with Crippen molar-refractivity contribution in [2.75, 3.05) is 20.7 Å². The summed E-state index contributed by atoms with van der Waals surface area (Å²) < 4.78 is 33.8. The predicted octanol–water partition coefficient (Wildman–Crippen LogP) is 0.815. The average Bonchev–Trinajstić information content (AvgIpc) is 2.16. The van der Waals surface area contributed by atoms with Gasteiger partial charge in [0.15, 0.2) is 0 Å². The van der Waals surface area contributed by atoms with E-state index in [0.29, 0.717) is 0 Å². The first-order chi connectivity index (χ1) is 7.39. The molecule has 0 atom stereocenters. The normalized spacial score (nSPS) is 10.9. The predicted molar refractivity (Wildman–Crippen MR) is 50.1 cm³/mol. The van der Waals surface area contributed by atoms with E-state index >= 15 is 0 Å². The second kappa shape index (κ2) is 7.34. The fourth-order valence-corrected chi connectivity index (χ4v) is 1.14. The smallest absolute Gasteiger partial charge is 0.438 e. The zero-order valence-electron chi connectivity index (χ0n) is 9.13. The van der Waals surface area contributed by atoms with Gasteiger partial charge in [0.05, 0.1) is 0 Å². The van der Waals surface area contributed by atoms with Crippen LogP contribution in [0.2, 0.25) is 0 Å². The molecule has 0 rings (SSSR count). The van der Waals surface area contributed by atoms with Gasteiger partial charge >= 0.3 is 19.8 Å². The lowest BCUT2D eigenvalue weighted by molar-refractivity contribution is -0.150. The molecule has 0 radical (unpaired) electrons. The molecule has 0 saturated heterocycles. The molecule has 8 nitrogen and oxygen atoms in total. The maximum absolute atomic E-state index is 11.5. The molecule has 0 aliphatic heterocycles. The summed E-state index contributed by atoms with van der Waals surface area (Å²) in [6, 6.07) is 0. The van der Waals surface area contributed by atoms with Crippen molar-refractivity contribution in [2.24, 2.45) is 0 Å². The summed E-state index contributed by atoms with van der Waals surface area (Å²) in [7, 11) is -2.80. The quantitative estimate of drug-likeness (QED) is 0.375. The van der Waals surface area contributed by atoms with Crippen molar-refractivity contribution >= 4 is 19.8 Å². The Labute approximate surface area is 92.4 Å². The first-order valence-electron chi connectivity index (χ1n) is 4.11. The Balaban J connectivity index is 3.95. The molecule has 0 bridgehead atoms. The van der Waals surface area contributed by atoms with Crippen LogP contribution >= 0.6 is 7.82 Å². The average molecular weight is 256 g/mol. The van der Waals surface area contributed by atoms with Gasteiger partial charge in [-0.3, -0.25) is 14.1 Å². The largest absolute Gasteiger partial charge is 0.480 e. The van der Waals surface area contributed by atoms with Crippen molar-refractivity contribution in [3.8, 4) is 0 Å². The van der Waals surface area contributed by atoms with E-state index in [1.165, 1.54) is 0 Å². The van der Waals surface area contributed by atoms with Crippen LogP contribution in [0.15, 0.2) is 0 Å². The fourth-order valence-electron chi connectivity index (χ4n) is 0.490. The number of ether oxygens (including phenoxy) is 2.